The average Bonchev–Trinajstić information content (AvgIpc) is 3.35. The first-order valence-corrected chi connectivity index (χ1v) is 15.9. The maximum absolute atomic E-state index is 13.1. The monoisotopic (exact) mass is 619 g/mol. The van der Waals surface area contributed by atoms with Crippen molar-refractivity contribution in [3.05, 3.63) is 81.4 Å². The highest BCUT2D eigenvalue weighted by atomic mass is 35.5. The molecule has 2 aliphatic heterocycles. The van der Waals surface area contributed by atoms with Gasteiger partial charge in [-0.1, -0.05) is 53.2 Å². The SMILES string of the molecule is Cc1ccc(C(=O)N2CCN(c3cc(Cl)nc(SCC(=O)N4CCC(n5c(=O)[nH]c6ccccc65)CC4)n3)C[C@@H]2C)cc1. The Hall–Kier alpha value is -3.83. The van der Waals surface area contributed by atoms with Gasteiger partial charge < -0.3 is 19.7 Å². The van der Waals surface area contributed by atoms with E-state index in [4.69, 9.17) is 16.6 Å². The van der Waals surface area contributed by atoms with Crippen LogP contribution in [0.5, 0.6) is 0 Å². The van der Waals surface area contributed by atoms with Gasteiger partial charge in [0.1, 0.15) is 11.0 Å². The lowest BCUT2D eigenvalue weighted by Gasteiger charge is -2.40. The predicted molar refractivity (Wildman–Crippen MR) is 169 cm³/mol. The second-order valence-corrected chi connectivity index (χ2v) is 12.5. The van der Waals surface area contributed by atoms with E-state index in [1.807, 2.05) is 76.7 Å². The second-order valence-electron chi connectivity index (χ2n) is 11.2. The van der Waals surface area contributed by atoms with Gasteiger partial charge in [0.2, 0.25) is 5.91 Å². The Bertz CT molecular complexity index is 1700. The first-order valence-electron chi connectivity index (χ1n) is 14.5. The average molecular weight is 620 g/mol. The van der Waals surface area contributed by atoms with Crippen LogP contribution in [0.3, 0.4) is 0 Å². The minimum absolute atomic E-state index is 0.0108. The third-order valence-electron chi connectivity index (χ3n) is 8.30. The molecule has 2 aromatic carbocycles. The molecular weight excluding hydrogens is 586 g/mol. The van der Waals surface area contributed by atoms with Crippen molar-refractivity contribution in [3.8, 4) is 0 Å². The standard InChI is InChI=1S/C31H34ClN7O3S/c1-20-7-9-22(10-8-20)29(41)38-16-15-37(18-21(38)2)27-17-26(32)34-30(35-27)43-19-28(40)36-13-11-23(12-14-36)39-25-6-4-3-5-24(25)33-31(39)42/h3-10,17,21,23H,11-16,18-19H2,1-2H3,(H,33,42)/t21-/m0/s1. The lowest BCUT2D eigenvalue weighted by atomic mass is 10.0. The van der Waals surface area contributed by atoms with E-state index in [2.05, 4.69) is 14.9 Å². The number of halogens is 1. The van der Waals surface area contributed by atoms with E-state index >= 15 is 0 Å². The molecule has 10 nitrogen and oxygen atoms in total. The van der Waals surface area contributed by atoms with Crippen LogP contribution in [0, 0.1) is 6.92 Å². The van der Waals surface area contributed by atoms with E-state index in [1.165, 1.54) is 11.8 Å². The number of piperidine rings is 1. The molecule has 2 aliphatic rings. The topological polar surface area (TPSA) is 107 Å². The molecule has 2 fully saturated rings. The fourth-order valence-electron chi connectivity index (χ4n) is 5.97. The third-order valence-corrected chi connectivity index (χ3v) is 9.33. The van der Waals surface area contributed by atoms with Gasteiger partial charge in [-0.15, -0.1) is 0 Å². The molecule has 1 atom stereocenters. The zero-order valence-electron chi connectivity index (χ0n) is 24.2. The number of thioether (sulfide) groups is 1. The van der Waals surface area contributed by atoms with E-state index < -0.39 is 0 Å². The molecule has 0 bridgehead atoms. The van der Waals surface area contributed by atoms with Crippen molar-refractivity contribution in [2.24, 2.45) is 0 Å². The molecule has 224 valence electrons. The summed E-state index contributed by atoms with van der Waals surface area (Å²) in [6.07, 6.45) is 1.43. The number of aromatic amines is 1. The Morgan fingerprint density at radius 1 is 1.02 bits per heavy atom. The quantitative estimate of drug-likeness (QED) is 0.194. The number of hydrogen-bond acceptors (Lipinski definition) is 7. The van der Waals surface area contributed by atoms with Crippen LogP contribution in [-0.4, -0.2) is 85.7 Å². The number of nitrogens with one attached hydrogen (secondary N) is 1. The number of aryl methyl sites for hydroxylation is 1. The van der Waals surface area contributed by atoms with E-state index in [1.54, 1.807) is 6.07 Å². The number of para-hydroxylation sites is 2. The molecule has 43 heavy (non-hydrogen) atoms. The van der Waals surface area contributed by atoms with Gasteiger partial charge >= 0.3 is 5.69 Å². The first-order chi connectivity index (χ1) is 20.8. The lowest BCUT2D eigenvalue weighted by Crippen LogP contribution is -2.54. The second kappa shape index (κ2) is 12.4. The third kappa shape index (κ3) is 6.28. The number of carbonyl (C=O) groups excluding carboxylic acids is 2. The lowest BCUT2D eigenvalue weighted by molar-refractivity contribution is -0.129. The smallest absolute Gasteiger partial charge is 0.326 e. The molecule has 12 heteroatoms. The molecule has 2 saturated heterocycles. The Labute approximate surface area is 259 Å². The summed E-state index contributed by atoms with van der Waals surface area (Å²) in [6, 6.07) is 17.1. The number of nitrogens with zero attached hydrogens (tertiary/aromatic N) is 6. The summed E-state index contributed by atoms with van der Waals surface area (Å²) in [7, 11) is 0. The number of imidazole rings is 1. The van der Waals surface area contributed by atoms with Crippen molar-refractivity contribution in [2.75, 3.05) is 43.4 Å². The minimum Gasteiger partial charge on any atom is -0.353 e. The largest absolute Gasteiger partial charge is 0.353 e. The van der Waals surface area contributed by atoms with Crippen LogP contribution >= 0.6 is 23.4 Å². The number of likely N-dealkylation sites (tertiary alicyclic amines) is 1. The molecular formula is C31H34ClN7O3S. The normalized spacial score (nSPS) is 17.9. The highest BCUT2D eigenvalue weighted by molar-refractivity contribution is 7.99. The van der Waals surface area contributed by atoms with Crippen LogP contribution in [0.4, 0.5) is 5.82 Å². The first kappa shape index (κ1) is 29.3. The van der Waals surface area contributed by atoms with Crippen molar-refractivity contribution in [1.82, 2.24) is 29.3 Å². The molecule has 6 rings (SSSR count). The Balaban J connectivity index is 1.04. The molecule has 2 aromatic heterocycles. The molecule has 0 saturated carbocycles. The maximum Gasteiger partial charge on any atom is 0.326 e. The van der Waals surface area contributed by atoms with Crippen molar-refractivity contribution in [1.29, 1.82) is 0 Å². The van der Waals surface area contributed by atoms with Crippen LogP contribution in [0.25, 0.3) is 11.0 Å². The molecule has 0 unspecified atom stereocenters. The minimum atomic E-state index is -0.107. The van der Waals surface area contributed by atoms with Gasteiger partial charge in [0.25, 0.3) is 5.91 Å². The number of H-pyrrole nitrogens is 1. The van der Waals surface area contributed by atoms with Crippen molar-refractivity contribution in [2.45, 2.75) is 43.9 Å². The van der Waals surface area contributed by atoms with Crippen molar-refractivity contribution in [3.63, 3.8) is 0 Å². The van der Waals surface area contributed by atoms with Crippen LogP contribution in [0.15, 0.2) is 64.5 Å². The van der Waals surface area contributed by atoms with Crippen LogP contribution in [0.1, 0.15) is 41.7 Å². The fraction of sp³-hybridized carbons (Fsp3) is 0.387. The van der Waals surface area contributed by atoms with Gasteiger partial charge in [-0.25, -0.2) is 14.8 Å². The van der Waals surface area contributed by atoms with Crippen LogP contribution < -0.4 is 10.6 Å². The van der Waals surface area contributed by atoms with Gasteiger partial charge in [-0.2, -0.15) is 0 Å². The maximum atomic E-state index is 13.1. The summed E-state index contributed by atoms with van der Waals surface area (Å²) in [4.78, 5) is 56.6. The van der Waals surface area contributed by atoms with Crippen molar-refractivity contribution >= 4 is 52.0 Å². The highest BCUT2D eigenvalue weighted by Crippen LogP contribution is 2.27. The van der Waals surface area contributed by atoms with Gasteiger partial charge in [-0.05, 0) is 51.0 Å². The fourth-order valence-corrected chi connectivity index (χ4v) is 6.95. The zero-order valence-corrected chi connectivity index (χ0v) is 25.8. The molecule has 0 spiro atoms. The van der Waals surface area contributed by atoms with Gasteiger partial charge in [0.05, 0.1) is 16.8 Å². The van der Waals surface area contributed by atoms with Crippen LogP contribution in [0.2, 0.25) is 5.15 Å². The van der Waals surface area contributed by atoms with Gasteiger partial charge in [0.15, 0.2) is 5.16 Å². The summed E-state index contributed by atoms with van der Waals surface area (Å²) < 4.78 is 1.83. The summed E-state index contributed by atoms with van der Waals surface area (Å²) in [5.74, 6) is 0.929. The molecule has 2 amide bonds. The Kier molecular flexibility index (Phi) is 8.45. The summed E-state index contributed by atoms with van der Waals surface area (Å²) in [5, 5.41) is 0.762. The number of hydrogen-bond donors (Lipinski definition) is 1. The van der Waals surface area contributed by atoms with E-state index in [-0.39, 0.29) is 35.3 Å². The number of aromatic nitrogens is 4. The molecule has 4 aromatic rings. The number of carbonyl (C=O) groups is 2. The number of rotatable bonds is 6. The van der Waals surface area contributed by atoms with E-state index in [0.717, 1.165) is 16.6 Å². The zero-order chi connectivity index (χ0) is 30.1. The van der Waals surface area contributed by atoms with Crippen LogP contribution in [-0.2, 0) is 4.79 Å². The number of amides is 2. The number of anilines is 1. The van der Waals surface area contributed by atoms with Gasteiger partial charge in [-0.3, -0.25) is 14.2 Å². The molecule has 0 aliphatic carbocycles. The molecule has 0 radical (unpaired) electrons. The molecule has 4 heterocycles. The van der Waals surface area contributed by atoms with Crippen molar-refractivity contribution < 1.29 is 9.59 Å². The number of benzene rings is 2. The molecule has 1 N–H and O–H groups in total. The Morgan fingerprint density at radius 3 is 2.51 bits per heavy atom. The summed E-state index contributed by atoms with van der Waals surface area (Å²) in [6.45, 7) is 7.01. The van der Waals surface area contributed by atoms with E-state index in [0.29, 0.717) is 67.3 Å². The summed E-state index contributed by atoms with van der Waals surface area (Å²) in [5.41, 5.74) is 3.43. The van der Waals surface area contributed by atoms with Gasteiger partial charge in [0, 0.05) is 56.4 Å². The van der Waals surface area contributed by atoms with E-state index in [9.17, 15) is 14.4 Å². The number of piperazine rings is 1. The number of fused-ring (bicyclic) bond motifs is 1. The summed E-state index contributed by atoms with van der Waals surface area (Å²) >= 11 is 7.65. The highest BCUT2D eigenvalue weighted by Gasteiger charge is 2.30. The predicted octanol–water partition coefficient (Wildman–Crippen LogP) is 4.39. The Morgan fingerprint density at radius 2 is 1.77 bits per heavy atom.